The summed E-state index contributed by atoms with van der Waals surface area (Å²) in [5, 5.41) is 6.26. The smallest absolute Gasteiger partial charge is 0.270 e. The lowest BCUT2D eigenvalue weighted by Crippen LogP contribution is -2.43. The van der Waals surface area contributed by atoms with Gasteiger partial charge in [-0.05, 0) is 38.8 Å². The van der Waals surface area contributed by atoms with E-state index in [2.05, 4.69) is 22.5 Å². The summed E-state index contributed by atoms with van der Waals surface area (Å²) in [6.07, 6.45) is 6.23. The van der Waals surface area contributed by atoms with Gasteiger partial charge >= 0.3 is 0 Å². The van der Waals surface area contributed by atoms with Crippen LogP contribution in [0.25, 0.3) is 0 Å². The van der Waals surface area contributed by atoms with Crippen LogP contribution in [-0.2, 0) is 0 Å². The SMILES string of the molecule is CCNc1ccc(C(=O)NC2(C)CCCC2)nc1. The van der Waals surface area contributed by atoms with Gasteiger partial charge in [-0.2, -0.15) is 0 Å². The summed E-state index contributed by atoms with van der Waals surface area (Å²) < 4.78 is 0. The summed E-state index contributed by atoms with van der Waals surface area (Å²) >= 11 is 0. The predicted octanol–water partition coefficient (Wildman–Crippen LogP) is 2.58. The number of carbonyl (C=O) groups is 1. The molecule has 4 heteroatoms. The van der Waals surface area contributed by atoms with Crippen molar-refractivity contribution in [3.05, 3.63) is 24.0 Å². The third kappa shape index (κ3) is 3.00. The van der Waals surface area contributed by atoms with E-state index in [-0.39, 0.29) is 11.4 Å². The minimum absolute atomic E-state index is 0.0426. The van der Waals surface area contributed by atoms with E-state index in [9.17, 15) is 4.79 Å². The summed E-state index contributed by atoms with van der Waals surface area (Å²) in [7, 11) is 0. The first-order valence-electron chi connectivity index (χ1n) is 6.65. The highest BCUT2D eigenvalue weighted by atomic mass is 16.2. The minimum atomic E-state index is -0.0672. The molecule has 1 amide bonds. The van der Waals surface area contributed by atoms with Crippen molar-refractivity contribution in [2.45, 2.75) is 45.1 Å². The number of pyridine rings is 1. The van der Waals surface area contributed by atoms with Crippen molar-refractivity contribution in [3.8, 4) is 0 Å². The second kappa shape index (κ2) is 5.38. The normalized spacial score (nSPS) is 17.4. The summed E-state index contributed by atoms with van der Waals surface area (Å²) in [6.45, 7) is 5.00. The van der Waals surface area contributed by atoms with Crippen LogP contribution in [0.1, 0.15) is 50.0 Å². The first kappa shape index (κ1) is 12.9. The Kier molecular flexibility index (Phi) is 3.84. The molecule has 1 saturated carbocycles. The number of carbonyl (C=O) groups excluding carboxylic acids is 1. The fourth-order valence-electron chi connectivity index (χ4n) is 2.46. The molecule has 0 radical (unpaired) electrons. The van der Waals surface area contributed by atoms with Crippen LogP contribution in [0.4, 0.5) is 5.69 Å². The van der Waals surface area contributed by atoms with Crippen molar-refractivity contribution in [2.75, 3.05) is 11.9 Å². The number of nitrogens with zero attached hydrogens (tertiary/aromatic N) is 1. The van der Waals surface area contributed by atoms with Crippen LogP contribution in [0.5, 0.6) is 0 Å². The molecule has 0 spiro atoms. The quantitative estimate of drug-likeness (QED) is 0.859. The molecule has 4 nitrogen and oxygen atoms in total. The molecule has 0 aromatic carbocycles. The lowest BCUT2D eigenvalue weighted by Gasteiger charge is -2.24. The molecule has 1 aromatic heterocycles. The van der Waals surface area contributed by atoms with Crippen molar-refractivity contribution >= 4 is 11.6 Å². The molecule has 18 heavy (non-hydrogen) atoms. The topological polar surface area (TPSA) is 54.0 Å². The zero-order chi connectivity index (χ0) is 13.0. The predicted molar refractivity (Wildman–Crippen MR) is 72.7 cm³/mol. The van der Waals surface area contributed by atoms with Crippen LogP contribution >= 0.6 is 0 Å². The van der Waals surface area contributed by atoms with Gasteiger partial charge in [0.1, 0.15) is 5.69 Å². The van der Waals surface area contributed by atoms with Gasteiger partial charge in [-0.15, -0.1) is 0 Å². The van der Waals surface area contributed by atoms with Gasteiger partial charge in [0.25, 0.3) is 5.91 Å². The number of rotatable bonds is 4. The minimum Gasteiger partial charge on any atom is -0.384 e. The molecule has 0 unspecified atom stereocenters. The first-order valence-corrected chi connectivity index (χ1v) is 6.65. The maximum Gasteiger partial charge on any atom is 0.270 e. The number of nitrogens with one attached hydrogen (secondary N) is 2. The summed E-state index contributed by atoms with van der Waals surface area (Å²) in [5.74, 6) is -0.0672. The molecule has 0 aliphatic heterocycles. The van der Waals surface area contributed by atoms with Crippen LogP contribution in [0, 0.1) is 0 Å². The van der Waals surface area contributed by atoms with E-state index < -0.39 is 0 Å². The Labute approximate surface area is 108 Å². The van der Waals surface area contributed by atoms with Crippen molar-refractivity contribution < 1.29 is 4.79 Å². The maximum atomic E-state index is 12.1. The number of anilines is 1. The van der Waals surface area contributed by atoms with Gasteiger partial charge < -0.3 is 10.6 Å². The average molecular weight is 247 g/mol. The van der Waals surface area contributed by atoms with Crippen LogP contribution in [-0.4, -0.2) is 23.0 Å². The lowest BCUT2D eigenvalue weighted by atomic mass is 10.0. The Bertz CT molecular complexity index is 408. The number of aromatic nitrogens is 1. The van der Waals surface area contributed by atoms with E-state index >= 15 is 0 Å². The third-order valence-corrected chi connectivity index (χ3v) is 3.50. The lowest BCUT2D eigenvalue weighted by molar-refractivity contribution is 0.0903. The standard InChI is InChI=1S/C14H21N3O/c1-3-15-11-6-7-12(16-10-11)13(18)17-14(2)8-4-5-9-14/h6-7,10,15H,3-5,8-9H2,1-2H3,(H,17,18). The Balaban J connectivity index is 2.00. The van der Waals surface area contributed by atoms with E-state index in [1.807, 2.05) is 13.0 Å². The molecule has 1 fully saturated rings. The molecular weight excluding hydrogens is 226 g/mol. The Morgan fingerprint density at radius 2 is 2.11 bits per heavy atom. The molecule has 0 bridgehead atoms. The highest BCUT2D eigenvalue weighted by Crippen LogP contribution is 2.29. The van der Waals surface area contributed by atoms with Gasteiger partial charge in [0.05, 0.1) is 11.9 Å². The largest absolute Gasteiger partial charge is 0.384 e. The zero-order valence-electron chi connectivity index (χ0n) is 11.1. The molecule has 2 N–H and O–H groups in total. The Hall–Kier alpha value is -1.58. The van der Waals surface area contributed by atoms with Crippen LogP contribution in [0.15, 0.2) is 18.3 Å². The second-order valence-electron chi connectivity index (χ2n) is 5.18. The van der Waals surface area contributed by atoms with E-state index in [0.29, 0.717) is 5.69 Å². The van der Waals surface area contributed by atoms with Gasteiger partial charge in [-0.1, -0.05) is 12.8 Å². The summed E-state index contributed by atoms with van der Waals surface area (Å²) in [4.78, 5) is 16.3. The van der Waals surface area contributed by atoms with Crippen molar-refractivity contribution in [3.63, 3.8) is 0 Å². The maximum absolute atomic E-state index is 12.1. The molecule has 1 heterocycles. The monoisotopic (exact) mass is 247 g/mol. The van der Waals surface area contributed by atoms with Gasteiger partial charge in [-0.25, -0.2) is 4.98 Å². The van der Waals surface area contributed by atoms with Crippen molar-refractivity contribution in [2.24, 2.45) is 0 Å². The highest BCUT2D eigenvalue weighted by Gasteiger charge is 2.30. The van der Waals surface area contributed by atoms with E-state index in [1.165, 1.54) is 12.8 Å². The van der Waals surface area contributed by atoms with Crippen LogP contribution in [0.2, 0.25) is 0 Å². The van der Waals surface area contributed by atoms with E-state index in [1.54, 1.807) is 12.3 Å². The molecular formula is C14H21N3O. The highest BCUT2D eigenvalue weighted by molar-refractivity contribution is 5.93. The average Bonchev–Trinajstić information content (AvgIpc) is 2.77. The first-order chi connectivity index (χ1) is 8.63. The van der Waals surface area contributed by atoms with E-state index in [4.69, 9.17) is 0 Å². The molecule has 1 aliphatic rings. The molecule has 1 aliphatic carbocycles. The third-order valence-electron chi connectivity index (χ3n) is 3.50. The van der Waals surface area contributed by atoms with E-state index in [0.717, 1.165) is 25.1 Å². The molecule has 0 saturated heterocycles. The van der Waals surface area contributed by atoms with Crippen molar-refractivity contribution in [1.82, 2.24) is 10.3 Å². The molecule has 2 rings (SSSR count). The molecule has 0 atom stereocenters. The van der Waals surface area contributed by atoms with Crippen LogP contribution < -0.4 is 10.6 Å². The van der Waals surface area contributed by atoms with Gasteiger partial charge in [-0.3, -0.25) is 4.79 Å². The fourth-order valence-corrected chi connectivity index (χ4v) is 2.46. The second-order valence-corrected chi connectivity index (χ2v) is 5.18. The van der Waals surface area contributed by atoms with Gasteiger partial charge in [0.15, 0.2) is 0 Å². The van der Waals surface area contributed by atoms with Crippen LogP contribution in [0.3, 0.4) is 0 Å². The molecule has 1 aromatic rings. The fraction of sp³-hybridized carbons (Fsp3) is 0.571. The van der Waals surface area contributed by atoms with Crippen molar-refractivity contribution in [1.29, 1.82) is 0 Å². The Morgan fingerprint density at radius 3 is 2.67 bits per heavy atom. The summed E-state index contributed by atoms with van der Waals surface area (Å²) in [5.41, 5.74) is 1.39. The van der Waals surface area contributed by atoms with Gasteiger partial charge in [0.2, 0.25) is 0 Å². The zero-order valence-corrected chi connectivity index (χ0v) is 11.1. The number of hydrogen-bond acceptors (Lipinski definition) is 3. The Morgan fingerprint density at radius 1 is 1.39 bits per heavy atom. The van der Waals surface area contributed by atoms with Gasteiger partial charge in [0, 0.05) is 12.1 Å². The molecule has 98 valence electrons. The summed E-state index contributed by atoms with van der Waals surface area (Å²) in [6, 6.07) is 3.66. The number of amides is 1. The number of hydrogen-bond donors (Lipinski definition) is 2.